The highest BCUT2D eigenvalue weighted by atomic mass is 32.2. The number of aryl methyl sites for hydroxylation is 1. The normalized spacial score (nSPS) is 11.2. The zero-order valence-corrected chi connectivity index (χ0v) is 11.9. The van der Waals surface area contributed by atoms with Gasteiger partial charge in [0.25, 0.3) is 0 Å². The van der Waals surface area contributed by atoms with Crippen LogP contribution in [0.4, 0.5) is 5.82 Å². The Balaban J connectivity index is 2.37. The smallest absolute Gasteiger partial charge is 0.358 e. The van der Waals surface area contributed by atoms with Crippen LogP contribution < -0.4 is 0 Å². The number of rotatable bonds is 4. The van der Waals surface area contributed by atoms with Gasteiger partial charge in [-0.15, -0.1) is 10.2 Å². The molecule has 2 aromatic rings. The van der Waals surface area contributed by atoms with Crippen molar-refractivity contribution in [3.05, 3.63) is 22.3 Å². The highest BCUT2D eigenvalue weighted by molar-refractivity contribution is 7.99. The van der Waals surface area contributed by atoms with Crippen molar-refractivity contribution in [1.82, 2.24) is 24.3 Å². The molecular weight excluding hydrogens is 268 g/mol. The van der Waals surface area contributed by atoms with Crippen LogP contribution in [0.2, 0.25) is 0 Å². The van der Waals surface area contributed by atoms with Crippen LogP contribution in [0.25, 0.3) is 0 Å². The Labute approximate surface area is 114 Å². The summed E-state index contributed by atoms with van der Waals surface area (Å²) < 4.78 is 3.44. The van der Waals surface area contributed by atoms with Gasteiger partial charge in [-0.3, -0.25) is 0 Å². The number of hydrogen-bond acceptors (Lipinski definition) is 6. The first-order valence-electron chi connectivity index (χ1n) is 5.64. The van der Waals surface area contributed by atoms with E-state index in [2.05, 4.69) is 15.2 Å². The summed E-state index contributed by atoms with van der Waals surface area (Å²) in [5.41, 5.74) is 0. The van der Waals surface area contributed by atoms with Crippen LogP contribution in [-0.2, 0) is 14.1 Å². The van der Waals surface area contributed by atoms with Gasteiger partial charge in [0, 0.05) is 20.0 Å². The molecule has 0 spiro atoms. The van der Waals surface area contributed by atoms with Gasteiger partial charge in [0.2, 0.25) is 6.33 Å². The third kappa shape index (κ3) is 2.46. The molecule has 0 N–H and O–H groups in total. The molecule has 2 rings (SSSR count). The van der Waals surface area contributed by atoms with E-state index in [1.54, 1.807) is 11.6 Å². The molecule has 19 heavy (non-hydrogen) atoms. The zero-order valence-electron chi connectivity index (χ0n) is 11.1. The van der Waals surface area contributed by atoms with Crippen molar-refractivity contribution in [3.63, 3.8) is 0 Å². The lowest BCUT2D eigenvalue weighted by Crippen LogP contribution is -2.01. The predicted octanol–water partition coefficient (Wildman–Crippen LogP) is 1.73. The summed E-state index contributed by atoms with van der Waals surface area (Å²) in [5, 5.41) is 20.1. The molecule has 2 heterocycles. The Morgan fingerprint density at radius 1 is 1.37 bits per heavy atom. The van der Waals surface area contributed by atoms with Gasteiger partial charge in [-0.25, -0.2) is 0 Å². The SMILES string of the molecule is CC(C)c1nnc(Sc2c([N+](=O)[O-])ncn2C)n1C. The van der Waals surface area contributed by atoms with Crippen LogP contribution in [0.5, 0.6) is 0 Å². The molecule has 102 valence electrons. The maximum absolute atomic E-state index is 10.9. The fourth-order valence-electron chi connectivity index (χ4n) is 1.65. The molecule has 0 saturated carbocycles. The quantitative estimate of drug-likeness (QED) is 0.626. The van der Waals surface area contributed by atoms with Crippen LogP contribution in [0, 0.1) is 10.1 Å². The highest BCUT2D eigenvalue weighted by Gasteiger charge is 2.23. The van der Waals surface area contributed by atoms with Gasteiger partial charge < -0.3 is 19.2 Å². The number of aromatic nitrogens is 5. The third-order valence-electron chi connectivity index (χ3n) is 2.61. The van der Waals surface area contributed by atoms with Crippen LogP contribution in [0.1, 0.15) is 25.6 Å². The first-order chi connectivity index (χ1) is 8.91. The highest BCUT2D eigenvalue weighted by Crippen LogP contribution is 2.32. The van der Waals surface area contributed by atoms with E-state index in [0.29, 0.717) is 10.2 Å². The average molecular weight is 282 g/mol. The first kappa shape index (κ1) is 13.5. The van der Waals surface area contributed by atoms with Crippen molar-refractivity contribution in [2.75, 3.05) is 0 Å². The Morgan fingerprint density at radius 3 is 2.58 bits per heavy atom. The second-order valence-corrected chi connectivity index (χ2v) is 5.35. The van der Waals surface area contributed by atoms with Crippen molar-refractivity contribution in [2.24, 2.45) is 14.1 Å². The largest absolute Gasteiger partial charge is 0.396 e. The lowest BCUT2D eigenvalue weighted by molar-refractivity contribution is -0.392. The number of nitro groups is 1. The summed E-state index contributed by atoms with van der Waals surface area (Å²) in [6, 6.07) is 0. The average Bonchev–Trinajstić information content (AvgIpc) is 2.85. The summed E-state index contributed by atoms with van der Waals surface area (Å²) in [4.78, 5) is 14.2. The molecule has 0 radical (unpaired) electrons. The van der Waals surface area contributed by atoms with Crippen LogP contribution in [-0.4, -0.2) is 29.2 Å². The van der Waals surface area contributed by atoms with Crippen molar-refractivity contribution >= 4 is 17.6 Å². The molecule has 0 saturated heterocycles. The minimum atomic E-state index is -0.498. The van der Waals surface area contributed by atoms with Crippen LogP contribution in [0.3, 0.4) is 0 Å². The van der Waals surface area contributed by atoms with Gasteiger partial charge in [0.05, 0.1) is 0 Å². The second-order valence-electron chi connectivity index (χ2n) is 4.40. The maximum atomic E-state index is 10.9. The third-order valence-corrected chi connectivity index (χ3v) is 3.81. The van der Waals surface area contributed by atoms with E-state index < -0.39 is 4.92 Å². The molecule has 0 atom stereocenters. The Morgan fingerprint density at radius 2 is 2.05 bits per heavy atom. The lowest BCUT2D eigenvalue weighted by Gasteiger charge is -2.05. The summed E-state index contributed by atoms with van der Waals surface area (Å²) >= 11 is 1.19. The van der Waals surface area contributed by atoms with Crippen molar-refractivity contribution in [3.8, 4) is 0 Å². The monoisotopic (exact) mass is 282 g/mol. The van der Waals surface area contributed by atoms with E-state index in [4.69, 9.17) is 0 Å². The fourth-order valence-corrected chi connectivity index (χ4v) is 2.55. The molecule has 0 aromatic carbocycles. The van der Waals surface area contributed by atoms with Crippen molar-refractivity contribution < 1.29 is 4.92 Å². The predicted molar refractivity (Wildman–Crippen MR) is 69.1 cm³/mol. The molecule has 0 fully saturated rings. The summed E-state index contributed by atoms with van der Waals surface area (Å²) in [7, 11) is 3.56. The van der Waals surface area contributed by atoms with Crippen molar-refractivity contribution in [1.29, 1.82) is 0 Å². The standard InChI is InChI=1S/C10H14N6O2S/c1-6(2)7-12-13-10(15(7)4)19-9-8(16(17)18)11-5-14(9)3/h5-6H,1-4H3. The van der Waals surface area contributed by atoms with E-state index >= 15 is 0 Å². The van der Waals surface area contributed by atoms with Crippen LogP contribution in [0.15, 0.2) is 16.5 Å². The van der Waals surface area contributed by atoms with Crippen molar-refractivity contribution in [2.45, 2.75) is 29.9 Å². The van der Waals surface area contributed by atoms with E-state index in [0.717, 1.165) is 5.82 Å². The number of imidazole rings is 1. The summed E-state index contributed by atoms with van der Waals surface area (Å²) in [6.45, 7) is 4.04. The molecule has 0 aliphatic rings. The van der Waals surface area contributed by atoms with Gasteiger partial charge in [-0.2, -0.15) is 0 Å². The topological polar surface area (TPSA) is 91.7 Å². The molecule has 0 amide bonds. The molecule has 0 bridgehead atoms. The van der Waals surface area contributed by atoms with Gasteiger partial charge in [-0.1, -0.05) is 13.8 Å². The summed E-state index contributed by atoms with van der Waals surface area (Å²) in [5.74, 6) is 0.919. The van der Waals surface area contributed by atoms with Gasteiger partial charge in [0.15, 0.2) is 10.2 Å². The molecule has 2 aromatic heterocycles. The van der Waals surface area contributed by atoms with E-state index in [-0.39, 0.29) is 11.7 Å². The van der Waals surface area contributed by atoms with E-state index in [9.17, 15) is 10.1 Å². The number of nitrogens with zero attached hydrogens (tertiary/aromatic N) is 6. The molecule has 0 aliphatic heterocycles. The fraction of sp³-hybridized carbons (Fsp3) is 0.500. The first-order valence-corrected chi connectivity index (χ1v) is 6.46. The second kappa shape index (κ2) is 5.00. The van der Waals surface area contributed by atoms with E-state index in [1.807, 2.05) is 25.5 Å². The minimum absolute atomic E-state index is 0.165. The lowest BCUT2D eigenvalue weighted by atomic mass is 10.2. The van der Waals surface area contributed by atoms with E-state index in [1.165, 1.54) is 18.1 Å². The zero-order chi connectivity index (χ0) is 14.2. The molecule has 0 aliphatic carbocycles. The van der Waals surface area contributed by atoms with Gasteiger partial charge in [-0.05, 0) is 21.7 Å². The summed E-state index contributed by atoms with van der Waals surface area (Å²) in [6.07, 6.45) is 1.42. The molecule has 9 heteroatoms. The minimum Gasteiger partial charge on any atom is -0.358 e. The maximum Gasteiger partial charge on any atom is 0.396 e. The molecule has 8 nitrogen and oxygen atoms in total. The Kier molecular flexibility index (Phi) is 3.56. The molecule has 0 unspecified atom stereocenters. The van der Waals surface area contributed by atoms with Gasteiger partial charge in [0.1, 0.15) is 5.82 Å². The molecular formula is C10H14N6O2S. The van der Waals surface area contributed by atoms with Gasteiger partial charge >= 0.3 is 5.82 Å². The van der Waals surface area contributed by atoms with Crippen LogP contribution >= 0.6 is 11.8 Å². The Hall–Kier alpha value is -1.90. The Bertz CT molecular complexity index is 618. The number of hydrogen-bond donors (Lipinski definition) is 0.